The van der Waals surface area contributed by atoms with Gasteiger partial charge in [0.15, 0.2) is 11.6 Å². The largest absolute Gasteiger partial charge is 0.468 e. The van der Waals surface area contributed by atoms with Gasteiger partial charge in [-0.05, 0) is 19.4 Å². The van der Waals surface area contributed by atoms with Crippen LogP contribution in [0.3, 0.4) is 0 Å². The Bertz CT molecular complexity index is 545. The van der Waals surface area contributed by atoms with Crippen LogP contribution in [0.5, 0.6) is 0 Å². The topological polar surface area (TPSA) is 60.4 Å². The molecule has 1 aromatic carbocycles. The molecule has 1 atom stereocenters. The maximum atomic E-state index is 12.5. The van der Waals surface area contributed by atoms with Crippen LogP contribution < -0.4 is 0 Å². The minimum absolute atomic E-state index is 0.247. The summed E-state index contributed by atoms with van der Waals surface area (Å²) in [4.78, 5) is 36.4. The van der Waals surface area contributed by atoms with Crippen molar-refractivity contribution in [1.29, 1.82) is 0 Å². The molecule has 0 heterocycles. The molecular formula is C16H18O4. The highest BCUT2D eigenvalue weighted by molar-refractivity contribution is 6.15. The monoisotopic (exact) mass is 274 g/mol. The maximum Gasteiger partial charge on any atom is 0.319 e. The van der Waals surface area contributed by atoms with Crippen LogP contribution in [0.2, 0.25) is 0 Å². The normalized spacial score (nSPS) is 13.2. The van der Waals surface area contributed by atoms with Gasteiger partial charge in [0.25, 0.3) is 0 Å². The van der Waals surface area contributed by atoms with Gasteiger partial charge in [-0.1, -0.05) is 36.9 Å². The molecule has 0 aliphatic carbocycles. The van der Waals surface area contributed by atoms with Gasteiger partial charge in [-0.2, -0.15) is 0 Å². The van der Waals surface area contributed by atoms with E-state index in [0.29, 0.717) is 11.1 Å². The van der Waals surface area contributed by atoms with Crippen molar-refractivity contribution in [1.82, 2.24) is 0 Å². The van der Waals surface area contributed by atoms with Gasteiger partial charge < -0.3 is 4.74 Å². The Labute approximate surface area is 118 Å². The minimum atomic E-state index is -1.54. The van der Waals surface area contributed by atoms with E-state index < -0.39 is 17.2 Å². The van der Waals surface area contributed by atoms with E-state index in [1.54, 1.807) is 37.3 Å². The van der Waals surface area contributed by atoms with Crippen molar-refractivity contribution in [2.45, 2.75) is 20.3 Å². The molecule has 0 aliphatic rings. The number of ether oxygens (including phenoxy) is 1. The van der Waals surface area contributed by atoms with Crippen molar-refractivity contribution in [3.8, 4) is 0 Å². The van der Waals surface area contributed by atoms with Gasteiger partial charge >= 0.3 is 5.97 Å². The van der Waals surface area contributed by atoms with Crippen LogP contribution in [0.1, 0.15) is 30.6 Å². The molecule has 4 heteroatoms. The molecule has 0 bridgehead atoms. The van der Waals surface area contributed by atoms with Crippen molar-refractivity contribution in [3.05, 3.63) is 48.0 Å². The Balaban J connectivity index is 3.18. The summed E-state index contributed by atoms with van der Waals surface area (Å²) in [6, 6.07) is 8.38. The molecule has 0 fully saturated rings. The lowest BCUT2D eigenvalue weighted by atomic mass is 9.77. The van der Waals surface area contributed by atoms with Crippen molar-refractivity contribution in [2.24, 2.45) is 5.41 Å². The summed E-state index contributed by atoms with van der Waals surface area (Å²) in [5, 5.41) is 0. The molecular weight excluding hydrogens is 256 g/mol. The Morgan fingerprint density at radius 2 is 1.75 bits per heavy atom. The van der Waals surface area contributed by atoms with Gasteiger partial charge in [-0.3, -0.25) is 14.4 Å². The zero-order valence-corrected chi connectivity index (χ0v) is 11.9. The molecule has 0 aromatic heterocycles. The first-order valence-corrected chi connectivity index (χ1v) is 6.20. The molecule has 1 aromatic rings. The summed E-state index contributed by atoms with van der Waals surface area (Å²) >= 11 is 0. The fourth-order valence-corrected chi connectivity index (χ4v) is 1.85. The van der Waals surface area contributed by atoms with E-state index >= 15 is 0 Å². The highest BCUT2D eigenvalue weighted by Crippen LogP contribution is 2.29. The van der Waals surface area contributed by atoms with Crippen LogP contribution in [0.15, 0.2) is 42.5 Å². The zero-order chi connectivity index (χ0) is 15.3. The number of carbonyl (C=O) groups is 3. The molecule has 106 valence electrons. The highest BCUT2D eigenvalue weighted by atomic mass is 16.5. The number of ketones is 2. The number of rotatable bonds is 6. The first-order chi connectivity index (χ1) is 9.32. The number of hydrogen-bond donors (Lipinski definition) is 0. The predicted octanol–water partition coefficient (Wildman–Crippen LogP) is 2.58. The van der Waals surface area contributed by atoms with Crippen LogP contribution in [0.25, 0.3) is 0 Å². The second kappa shape index (κ2) is 6.28. The van der Waals surface area contributed by atoms with Gasteiger partial charge in [0.2, 0.25) is 0 Å². The van der Waals surface area contributed by atoms with E-state index in [1.165, 1.54) is 14.0 Å². The third-order valence-corrected chi connectivity index (χ3v) is 3.16. The van der Waals surface area contributed by atoms with Crippen LogP contribution >= 0.6 is 0 Å². The first-order valence-electron chi connectivity index (χ1n) is 6.20. The van der Waals surface area contributed by atoms with Crippen molar-refractivity contribution in [2.75, 3.05) is 7.11 Å². The molecule has 0 radical (unpaired) electrons. The Morgan fingerprint density at radius 3 is 2.20 bits per heavy atom. The molecule has 0 N–H and O–H groups in total. The summed E-state index contributed by atoms with van der Waals surface area (Å²) in [6.07, 6.45) is -0.247. The van der Waals surface area contributed by atoms with Gasteiger partial charge in [0.05, 0.1) is 7.11 Å². The van der Waals surface area contributed by atoms with Crippen LogP contribution in [0, 0.1) is 5.41 Å². The molecule has 4 nitrogen and oxygen atoms in total. The number of Topliss-reactive ketones (excluding diaryl/α,β-unsaturated/α-hetero) is 2. The number of hydrogen-bond acceptors (Lipinski definition) is 4. The summed E-state index contributed by atoms with van der Waals surface area (Å²) in [5.41, 5.74) is -0.859. The average Bonchev–Trinajstić information content (AvgIpc) is 2.46. The molecule has 0 saturated carbocycles. The fraction of sp³-hybridized carbons (Fsp3) is 0.312. The molecule has 0 spiro atoms. The first kappa shape index (κ1) is 15.8. The Hall–Kier alpha value is -2.23. The summed E-state index contributed by atoms with van der Waals surface area (Å²) in [5.74, 6) is -1.48. The molecule has 1 unspecified atom stereocenters. The number of benzene rings is 1. The van der Waals surface area contributed by atoms with Gasteiger partial charge in [-0.15, -0.1) is 0 Å². The number of allylic oxidation sites excluding steroid dienone is 1. The quantitative estimate of drug-likeness (QED) is 0.346. The van der Waals surface area contributed by atoms with Crippen molar-refractivity contribution >= 4 is 17.5 Å². The third kappa shape index (κ3) is 3.20. The van der Waals surface area contributed by atoms with Gasteiger partial charge in [-0.25, -0.2) is 0 Å². The molecule has 0 amide bonds. The second-order valence-electron chi connectivity index (χ2n) is 4.90. The lowest BCUT2D eigenvalue weighted by Crippen LogP contribution is -2.39. The standard InChI is InChI=1S/C16H18O4/c1-11(2)13(17)10-16(3,15(19)20-4)14(18)12-8-6-5-7-9-12/h5-9H,1,10H2,2-4H3. The lowest BCUT2D eigenvalue weighted by Gasteiger charge is -2.24. The molecule has 0 saturated heterocycles. The average molecular weight is 274 g/mol. The Morgan fingerprint density at radius 1 is 1.20 bits per heavy atom. The fourth-order valence-electron chi connectivity index (χ4n) is 1.85. The smallest absolute Gasteiger partial charge is 0.319 e. The van der Waals surface area contributed by atoms with E-state index in [9.17, 15) is 14.4 Å². The number of esters is 1. The molecule has 1 rings (SSSR count). The van der Waals surface area contributed by atoms with Crippen molar-refractivity contribution < 1.29 is 19.1 Å². The van der Waals surface area contributed by atoms with E-state index in [2.05, 4.69) is 6.58 Å². The number of methoxy groups -OCH3 is 1. The summed E-state index contributed by atoms with van der Waals surface area (Å²) in [7, 11) is 1.20. The third-order valence-electron chi connectivity index (χ3n) is 3.16. The lowest BCUT2D eigenvalue weighted by molar-refractivity contribution is -0.150. The predicted molar refractivity (Wildman–Crippen MR) is 75.3 cm³/mol. The molecule has 0 aliphatic heterocycles. The second-order valence-corrected chi connectivity index (χ2v) is 4.90. The highest BCUT2D eigenvalue weighted by Gasteiger charge is 2.44. The maximum absolute atomic E-state index is 12.5. The summed E-state index contributed by atoms with van der Waals surface area (Å²) in [6.45, 7) is 6.52. The Kier molecular flexibility index (Phi) is 4.97. The van der Waals surface area contributed by atoms with E-state index in [4.69, 9.17) is 4.74 Å². The van der Waals surface area contributed by atoms with E-state index in [0.717, 1.165) is 0 Å². The van der Waals surface area contributed by atoms with Crippen LogP contribution in [-0.4, -0.2) is 24.6 Å². The van der Waals surface area contributed by atoms with Crippen LogP contribution in [0.4, 0.5) is 0 Å². The van der Waals surface area contributed by atoms with Gasteiger partial charge in [0, 0.05) is 12.0 Å². The number of carbonyl (C=O) groups excluding carboxylic acids is 3. The SMILES string of the molecule is C=C(C)C(=O)CC(C)(C(=O)OC)C(=O)c1ccccc1. The zero-order valence-electron chi connectivity index (χ0n) is 11.9. The molecule has 20 heavy (non-hydrogen) atoms. The van der Waals surface area contributed by atoms with Crippen LogP contribution in [-0.2, 0) is 14.3 Å². The van der Waals surface area contributed by atoms with Gasteiger partial charge in [0.1, 0.15) is 5.41 Å². The summed E-state index contributed by atoms with van der Waals surface area (Å²) < 4.78 is 4.70. The van der Waals surface area contributed by atoms with E-state index in [-0.39, 0.29) is 12.2 Å². The van der Waals surface area contributed by atoms with E-state index in [1.807, 2.05) is 0 Å². The van der Waals surface area contributed by atoms with Crippen molar-refractivity contribution in [3.63, 3.8) is 0 Å². The minimum Gasteiger partial charge on any atom is -0.468 e.